The minimum atomic E-state index is -0.0547. The molecule has 0 aliphatic rings. The zero-order chi connectivity index (χ0) is 16.9. The minimum Gasteiger partial charge on any atom is -0.348 e. The molecule has 0 fully saturated rings. The number of hydrogen-bond donors (Lipinski definition) is 1. The van der Waals surface area contributed by atoms with Crippen LogP contribution in [0.4, 0.5) is 0 Å². The van der Waals surface area contributed by atoms with Gasteiger partial charge in [-0.05, 0) is 37.1 Å². The number of nitrogens with zero attached hydrogens (tertiary/aromatic N) is 2. The summed E-state index contributed by atoms with van der Waals surface area (Å²) in [5, 5.41) is 2.95. The molecule has 4 nitrogen and oxygen atoms in total. The smallest absolute Gasteiger partial charge is 0.251 e. The Morgan fingerprint density at radius 1 is 1.00 bits per heavy atom. The van der Waals surface area contributed by atoms with E-state index in [1.54, 1.807) is 6.20 Å². The predicted molar refractivity (Wildman–Crippen MR) is 94.9 cm³/mol. The normalized spacial score (nSPS) is 10.6. The highest BCUT2D eigenvalue weighted by molar-refractivity contribution is 5.94. The zero-order valence-corrected chi connectivity index (χ0v) is 14.0. The van der Waals surface area contributed by atoms with E-state index >= 15 is 0 Å². The summed E-state index contributed by atoms with van der Waals surface area (Å²) in [6.07, 6.45) is 3.75. The molecular formula is C20H21N3O. The molecule has 0 aliphatic carbocycles. The Morgan fingerprint density at radius 3 is 2.29 bits per heavy atom. The molecule has 0 radical (unpaired) electrons. The summed E-state index contributed by atoms with van der Waals surface area (Å²) >= 11 is 0. The summed E-state index contributed by atoms with van der Waals surface area (Å²) in [5.41, 5.74) is 4.13. The highest BCUT2D eigenvalue weighted by Crippen LogP contribution is 2.09. The van der Waals surface area contributed by atoms with Crippen LogP contribution >= 0.6 is 0 Å². The molecule has 0 aliphatic heterocycles. The van der Waals surface area contributed by atoms with E-state index in [0.29, 0.717) is 12.1 Å². The molecule has 24 heavy (non-hydrogen) atoms. The Balaban J connectivity index is 1.59. The lowest BCUT2D eigenvalue weighted by Crippen LogP contribution is -2.22. The maximum Gasteiger partial charge on any atom is 0.251 e. The van der Waals surface area contributed by atoms with Gasteiger partial charge in [0.15, 0.2) is 0 Å². The lowest BCUT2D eigenvalue weighted by atomic mass is 10.1. The van der Waals surface area contributed by atoms with Gasteiger partial charge >= 0.3 is 0 Å². The Kier molecular flexibility index (Phi) is 4.75. The molecule has 1 amide bonds. The molecule has 0 saturated carbocycles. The molecule has 0 unspecified atom stereocenters. The van der Waals surface area contributed by atoms with Gasteiger partial charge in [0, 0.05) is 31.0 Å². The van der Waals surface area contributed by atoms with Gasteiger partial charge < -0.3 is 9.88 Å². The van der Waals surface area contributed by atoms with E-state index in [1.807, 2.05) is 61.7 Å². The first kappa shape index (κ1) is 16.0. The SMILES string of the molecule is Cc1ccc(CNC(=O)c2ccc(Cn3ccnc3C)cc2)cc1. The third-order valence-corrected chi connectivity index (χ3v) is 4.07. The molecule has 3 aromatic rings. The van der Waals surface area contributed by atoms with Crippen molar-refractivity contribution in [1.82, 2.24) is 14.9 Å². The third-order valence-electron chi connectivity index (χ3n) is 4.07. The zero-order valence-electron chi connectivity index (χ0n) is 14.0. The van der Waals surface area contributed by atoms with Gasteiger partial charge in [0.05, 0.1) is 0 Å². The van der Waals surface area contributed by atoms with Crippen LogP contribution in [0.15, 0.2) is 60.9 Å². The quantitative estimate of drug-likeness (QED) is 0.782. The van der Waals surface area contributed by atoms with E-state index in [2.05, 4.69) is 21.8 Å². The molecule has 1 aromatic heterocycles. The largest absolute Gasteiger partial charge is 0.348 e. The van der Waals surface area contributed by atoms with Crippen molar-refractivity contribution in [2.75, 3.05) is 0 Å². The van der Waals surface area contributed by atoms with E-state index in [9.17, 15) is 4.79 Å². The van der Waals surface area contributed by atoms with Crippen molar-refractivity contribution in [2.45, 2.75) is 26.9 Å². The number of aryl methyl sites for hydroxylation is 2. The summed E-state index contributed by atoms with van der Waals surface area (Å²) in [6.45, 7) is 5.33. The van der Waals surface area contributed by atoms with Crippen LogP contribution in [-0.4, -0.2) is 15.5 Å². The van der Waals surface area contributed by atoms with E-state index in [1.165, 1.54) is 5.56 Å². The van der Waals surface area contributed by atoms with E-state index in [0.717, 1.165) is 23.5 Å². The van der Waals surface area contributed by atoms with Crippen LogP contribution in [0.5, 0.6) is 0 Å². The summed E-state index contributed by atoms with van der Waals surface area (Å²) in [7, 11) is 0. The second-order valence-corrected chi connectivity index (χ2v) is 5.97. The van der Waals surface area contributed by atoms with Crippen molar-refractivity contribution in [3.8, 4) is 0 Å². The van der Waals surface area contributed by atoms with Gasteiger partial charge in [0.25, 0.3) is 5.91 Å². The van der Waals surface area contributed by atoms with Crippen LogP contribution in [0.25, 0.3) is 0 Å². The summed E-state index contributed by atoms with van der Waals surface area (Å²) in [6, 6.07) is 15.9. The van der Waals surface area contributed by atoms with Crippen molar-refractivity contribution in [3.63, 3.8) is 0 Å². The predicted octanol–water partition coefficient (Wildman–Crippen LogP) is 3.48. The monoisotopic (exact) mass is 319 g/mol. The molecule has 0 spiro atoms. The van der Waals surface area contributed by atoms with Crippen molar-refractivity contribution in [2.24, 2.45) is 0 Å². The number of hydrogen-bond acceptors (Lipinski definition) is 2. The first-order chi connectivity index (χ1) is 11.6. The second kappa shape index (κ2) is 7.13. The van der Waals surface area contributed by atoms with Gasteiger partial charge in [0.2, 0.25) is 0 Å². The maximum absolute atomic E-state index is 12.2. The van der Waals surface area contributed by atoms with Crippen molar-refractivity contribution in [1.29, 1.82) is 0 Å². The number of imidazole rings is 1. The van der Waals surface area contributed by atoms with Crippen LogP contribution in [0.2, 0.25) is 0 Å². The molecule has 2 aromatic carbocycles. The van der Waals surface area contributed by atoms with E-state index in [4.69, 9.17) is 0 Å². The molecule has 0 bridgehead atoms. The number of rotatable bonds is 5. The van der Waals surface area contributed by atoms with Crippen molar-refractivity contribution < 1.29 is 4.79 Å². The molecule has 0 atom stereocenters. The van der Waals surface area contributed by atoms with Gasteiger partial charge in [-0.3, -0.25) is 4.79 Å². The first-order valence-electron chi connectivity index (χ1n) is 8.02. The topological polar surface area (TPSA) is 46.9 Å². The van der Waals surface area contributed by atoms with Crippen LogP contribution in [0.3, 0.4) is 0 Å². The number of benzene rings is 2. The van der Waals surface area contributed by atoms with Crippen molar-refractivity contribution in [3.05, 3.63) is 89.0 Å². The number of aromatic nitrogens is 2. The molecule has 0 saturated heterocycles. The van der Waals surface area contributed by atoms with Crippen LogP contribution in [0.1, 0.15) is 32.9 Å². The van der Waals surface area contributed by atoms with Crippen LogP contribution < -0.4 is 5.32 Å². The molecule has 1 N–H and O–H groups in total. The summed E-state index contributed by atoms with van der Waals surface area (Å²) < 4.78 is 2.08. The fraction of sp³-hybridized carbons (Fsp3) is 0.200. The molecule has 1 heterocycles. The highest BCUT2D eigenvalue weighted by atomic mass is 16.1. The Morgan fingerprint density at radius 2 is 1.67 bits per heavy atom. The lowest BCUT2D eigenvalue weighted by molar-refractivity contribution is 0.0951. The Hall–Kier alpha value is -2.88. The average Bonchev–Trinajstić information content (AvgIpc) is 3.00. The number of carbonyl (C=O) groups excluding carboxylic acids is 1. The molecule has 4 heteroatoms. The van der Waals surface area contributed by atoms with Gasteiger partial charge in [-0.25, -0.2) is 4.98 Å². The molecular weight excluding hydrogens is 298 g/mol. The van der Waals surface area contributed by atoms with Crippen LogP contribution in [-0.2, 0) is 13.1 Å². The highest BCUT2D eigenvalue weighted by Gasteiger charge is 2.06. The second-order valence-electron chi connectivity index (χ2n) is 5.97. The van der Waals surface area contributed by atoms with E-state index in [-0.39, 0.29) is 5.91 Å². The van der Waals surface area contributed by atoms with Gasteiger partial charge in [0.1, 0.15) is 5.82 Å². The lowest BCUT2D eigenvalue weighted by Gasteiger charge is -2.08. The number of amides is 1. The average molecular weight is 319 g/mol. The number of nitrogens with one attached hydrogen (secondary N) is 1. The molecule has 3 rings (SSSR count). The summed E-state index contributed by atoms with van der Waals surface area (Å²) in [5.74, 6) is 0.927. The Labute approximate surface area is 142 Å². The van der Waals surface area contributed by atoms with Crippen molar-refractivity contribution >= 4 is 5.91 Å². The fourth-order valence-electron chi connectivity index (χ4n) is 2.52. The minimum absolute atomic E-state index is 0.0547. The summed E-state index contributed by atoms with van der Waals surface area (Å²) in [4.78, 5) is 16.5. The van der Waals surface area contributed by atoms with E-state index < -0.39 is 0 Å². The first-order valence-corrected chi connectivity index (χ1v) is 8.02. The third kappa shape index (κ3) is 3.90. The van der Waals surface area contributed by atoms with Gasteiger partial charge in [-0.1, -0.05) is 42.0 Å². The maximum atomic E-state index is 12.2. The Bertz CT molecular complexity index is 817. The number of carbonyl (C=O) groups is 1. The standard InChI is InChI=1S/C20H21N3O/c1-15-3-5-17(6-4-15)13-22-20(24)19-9-7-18(8-10-19)14-23-12-11-21-16(23)2/h3-12H,13-14H2,1-2H3,(H,22,24). The molecule has 122 valence electrons. The van der Waals surface area contributed by atoms with Crippen LogP contribution in [0, 0.1) is 13.8 Å². The fourth-order valence-corrected chi connectivity index (χ4v) is 2.52. The van der Waals surface area contributed by atoms with Gasteiger partial charge in [-0.2, -0.15) is 0 Å². The van der Waals surface area contributed by atoms with Gasteiger partial charge in [-0.15, -0.1) is 0 Å².